The second-order valence-electron chi connectivity index (χ2n) is 5.09. The number of hydrogen-bond donors (Lipinski definition) is 0. The molecule has 0 aliphatic heterocycles. The molecule has 0 radical (unpaired) electrons. The van der Waals surface area contributed by atoms with Gasteiger partial charge in [0.15, 0.2) is 5.78 Å². The van der Waals surface area contributed by atoms with E-state index in [0.29, 0.717) is 15.5 Å². The molecule has 1 unspecified atom stereocenters. The maximum absolute atomic E-state index is 12.4. The summed E-state index contributed by atoms with van der Waals surface area (Å²) in [7, 11) is -1.43. The molecule has 2 aromatic carbocycles. The number of ketones is 1. The molecule has 0 heterocycles. The Labute approximate surface area is 132 Å². The van der Waals surface area contributed by atoms with Gasteiger partial charge < -0.3 is 0 Å². The zero-order valence-corrected chi connectivity index (χ0v) is 13.8. The predicted octanol–water partition coefficient (Wildman–Crippen LogP) is 4.26. The Balaban J connectivity index is 2.25. The van der Waals surface area contributed by atoms with Crippen LogP contribution in [0.5, 0.6) is 0 Å². The first-order valence-corrected chi connectivity index (χ1v) is 8.34. The summed E-state index contributed by atoms with van der Waals surface area (Å²) in [4.78, 5) is 12.9. The van der Waals surface area contributed by atoms with Crippen molar-refractivity contribution in [3.05, 3.63) is 63.7 Å². The van der Waals surface area contributed by atoms with Crippen molar-refractivity contribution in [2.45, 2.75) is 25.7 Å². The smallest absolute Gasteiger partial charge is 0.175 e. The van der Waals surface area contributed by atoms with Crippen LogP contribution in [-0.2, 0) is 10.8 Å². The number of rotatable bonds is 4. The maximum Gasteiger partial charge on any atom is 0.175 e. The quantitative estimate of drug-likeness (QED) is 0.789. The molecule has 0 fully saturated rings. The minimum absolute atomic E-state index is 0.0485. The van der Waals surface area contributed by atoms with Crippen molar-refractivity contribution in [2.75, 3.05) is 5.75 Å². The molecule has 0 spiro atoms. The third kappa shape index (κ3) is 3.60. The number of aryl methyl sites for hydroxylation is 3. The van der Waals surface area contributed by atoms with Crippen molar-refractivity contribution in [2.24, 2.45) is 0 Å². The first-order valence-electron chi connectivity index (χ1n) is 6.64. The van der Waals surface area contributed by atoms with Crippen LogP contribution in [0.3, 0.4) is 0 Å². The Morgan fingerprint density at radius 3 is 2.33 bits per heavy atom. The van der Waals surface area contributed by atoms with Crippen LogP contribution in [0.2, 0.25) is 5.02 Å². The molecule has 0 saturated carbocycles. The predicted molar refractivity (Wildman–Crippen MR) is 87.7 cm³/mol. The first kappa shape index (κ1) is 15.9. The van der Waals surface area contributed by atoms with Gasteiger partial charge in [-0.15, -0.1) is 0 Å². The average molecular weight is 321 g/mol. The Morgan fingerprint density at radius 1 is 1.05 bits per heavy atom. The monoisotopic (exact) mass is 320 g/mol. The Kier molecular flexibility index (Phi) is 4.96. The summed E-state index contributed by atoms with van der Waals surface area (Å²) in [6.07, 6.45) is 0. The van der Waals surface area contributed by atoms with Gasteiger partial charge in [0.25, 0.3) is 0 Å². The van der Waals surface area contributed by atoms with Crippen molar-refractivity contribution in [1.29, 1.82) is 0 Å². The zero-order chi connectivity index (χ0) is 15.6. The highest BCUT2D eigenvalue weighted by molar-refractivity contribution is 7.86. The van der Waals surface area contributed by atoms with Crippen molar-refractivity contribution in [1.82, 2.24) is 0 Å². The van der Waals surface area contributed by atoms with E-state index in [1.54, 1.807) is 24.3 Å². The summed E-state index contributed by atoms with van der Waals surface area (Å²) in [5.41, 5.74) is 3.77. The van der Waals surface area contributed by atoms with Crippen LogP contribution < -0.4 is 0 Å². The molecule has 0 N–H and O–H groups in total. The van der Waals surface area contributed by atoms with Gasteiger partial charge in [-0.25, -0.2) is 0 Å². The summed E-state index contributed by atoms with van der Waals surface area (Å²) in [6.45, 7) is 5.88. The summed E-state index contributed by atoms with van der Waals surface area (Å²) < 4.78 is 12.3. The lowest BCUT2D eigenvalue weighted by molar-refractivity contribution is 0.102. The van der Waals surface area contributed by atoms with Gasteiger partial charge in [-0.2, -0.15) is 0 Å². The molecule has 21 heavy (non-hydrogen) atoms. The largest absolute Gasteiger partial charge is 0.293 e. The molecule has 0 amide bonds. The van der Waals surface area contributed by atoms with Gasteiger partial charge >= 0.3 is 0 Å². The first-order chi connectivity index (χ1) is 9.90. The minimum Gasteiger partial charge on any atom is -0.293 e. The Hall–Kier alpha value is -1.45. The summed E-state index contributed by atoms with van der Waals surface area (Å²) in [5.74, 6) is -0.165. The van der Waals surface area contributed by atoms with Crippen LogP contribution in [0.1, 0.15) is 27.0 Å². The van der Waals surface area contributed by atoms with E-state index in [2.05, 4.69) is 0 Å². The van der Waals surface area contributed by atoms with Gasteiger partial charge in [0.05, 0.1) is 26.5 Å². The van der Waals surface area contributed by atoms with Crippen LogP contribution in [-0.4, -0.2) is 15.7 Å². The molecule has 0 aliphatic rings. The van der Waals surface area contributed by atoms with Gasteiger partial charge in [-0.3, -0.25) is 9.00 Å². The number of hydrogen-bond acceptors (Lipinski definition) is 2. The lowest BCUT2D eigenvalue weighted by Crippen LogP contribution is -2.13. The number of Topliss-reactive ketones (excluding diaryl/α,β-unsaturated/α-hetero) is 1. The van der Waals surface area contributed by atoms with Gasteiger partial charge in [-0.05, 0) is 55.7 Å². The molecule has 4 heteroatoms. The molecule has 0 aliphatic carbocycles. The van der Waals surface area contributed by atoms with E-state index < -0.39 is 10.8 Å². The van der Waals surface area contributed by atoms with E-state index in [0.717, 1.165) is 16.7 Å². The minimum atomic E-state index is -1.43. The molecule has 0 bridgehead atoms. The highest BCUT2D eigenvalue weighted by Gasteiger charge is 2.16. The van der Waals surface area contributed by atoms with Gasteiger partial charge in [-0.1, -0.05) is 29.8 Å². The molecule has 0 saturated heterocycles. The fraction of sp³-hybridized carbons (Fsp3) is 0.235. The SMILES string of the molecule is Cc1cc(C)c(C(=O)CS(=O)c2ccccc2Cl)cc1C. The molecule has 1 atom stereocenters. The second-order valence-corrected chi connectivity index (χ2v) is 6.92. The van der Waals surface area contributed by atoms with Gasteiger partial charge in [0.2, 0.25) is 0 Å². The van der Waals surface area contributed by atoms with Crippen LogP contribution in [0.15, 0.2) is 41.3 Å². The molecular formula is C17H17ClO2S. The van der Waals surface area contributed by atoms with E-state index in [9.17, 15) is 9.00 Å². The summed E-state index contributed by atoms with van der Waals surface area (Å²) in [6, 6.07) is 10.8. The maximum atomic E-state index is 12.4. The lowest BCUT2D eigenvalue weighted by Gasteiger charge is -2.09. The molecular weight excluding hydrogens is 304 g/mol. The molecule has 2 nitrogen and oxygen atoms in total. The standard InChI is InChI=1S/C17H17ClO2S/c1-11-8-13(3)14(9-12(11)2)16(19)10-21(20)17-7-5-4-6-15(17)18/h4-9H,10H2,1-3H3. The molecule has 0 aromatic heterocycles. The third-order valence-electron chi connectivity index (χ3n) is 3.49. The number of benzene rings is 2. The van der Waals surface area contributed by atoms with Gasteiger partial charge in [0.1, 0.15) is 0 Å². The topological polar surface area (TPSA) is 34.1 Å². The van der Waals surface area contributed by atoms with Crippen molar-refractivity contribution in [3.8, 4) is 0 Å². The average Bonchev–Trinajstić information content (AvgIpc) is 2.43. The van der Waals surface area contributed by atoms with E-state index >= 15 is 0 Å². The van der Waals surface area contributed by atoms with Crippen molar-refractivity contribution >= 4 is 28.2 Å². The third-order valence-corrected chi connectivity index (χ3v) is 5.30. The van der Waals surface area contributed by atoms with Crippen LogP contribution >= 0.6 is 11.6 Å². The molecule has 2 rings (SSSR count). The van der Waals surface area contributed by atoms with E-state index in [-0.39, 0.29) is 11.5 Å². The normalized spacial score (nSPS) is 12.2. The van der Waals surface area contributed by atoms with Crippen molar-refractivity contribution in [3.63, 3.8) is 0 Å². The molecule has 110 valence electrons. The fourth-order valence-corrected chi connectivity index (χ4v) is 3.62. The van der Waals surface area contributed by atoms with Gasteiger partial charge in [0, 0.05) is 5.56 Å². The summed E-state index contributed by atoms with van der Waals surface area (Å²) in [5, 5.41) is 0.431. The van der Waals surface area contributed by atoms with Crippen LogP contribution in [0.4, 0.5) is 0 Å². The highest BCUT2D eigenvalue weighted by Crippen LogP contribution is 2.21. The summed E-state index contributed by atoms with van der Waals surface area (Å²) >= 11 is 6.02. The highest BCUT2D eigenvalue weighted by atomic mass is 35.5. The fourth-order valence-electron chi connectivity index (χ4n) is 2.16. The number of carbonyl (C=O) groups excluding carboxylic acids is 1. The van der Waals surface area contributed by atoms with E-state index in [1.807, 2.05) is 32.9 Å². The second kappa shape index (κ2) is 6.54. The van der Waals surface area contributed by atoms with Crippen LogP contribution in [0, 0.1) is 20.8 Å². The van der Waals surface area contributed by atoms with E-state index in [4.69, 9.17) is 11.6 Å². The Bertz CT molecular complexity index is 723. The lowest BCUT2D eigenvalue weighted by atomic mass is 9.99. The zero-order valence-electron chi connectivity index (χ0n) is 12.3. The van der Waals surface area contributed by atoms with E-state index in [1.165, 1.54) is 0 Å². The van der Waals surface area contributed by atoms with Crippen molar-refractivity contribution < 1.29 is 9.00 Å². The van der Waals surface area contributed by atoms with Crippen LogP contribution in [0.25, 0.3) is 0 Å². The number of carbonyl (C=O) groups is 1. The number of halogens is 1. The Morgan fingerprint density at radius 2 is 1.67 bits per heavy atom. The molecule has 2 aromatic rings.